The van der Waals surface area contributed by atoms with Gasteiger partial charge in [0.2, 0.25) is 10.0 Å². The molecule has 9 nitrogen and oxygen atoms in total. The molecule has 4 atom stereocenters. The van der Waals surface area contributed by atoms with E-state index in [1.54, 1.807) is 19.1 Å². The van der Waals surface area contributed by atoms with E-state index in [0.29, 0.717) is 18.6 Å². The minimum absolute atomic E-state index is 0.0175. The second kappa shape index (κ2) is 11.1. The molecule has 0 aliphatic heterocycles. The average molecular weight is 490 g/mol. The van der Waals surface area contributed by atoms with Crippen LogP contribution in [0.3, 0.4) is 0 Å². The van der Waals surface area contributed by atoms with Gasteiger partial charge in [-0.1, -0.05) is 19.1 Å². The molecule has 1 heterocycles. The molecule has 172 valence electrons. The van der Waals surface area contributed by atoms with Crippen LogP contribution in [0.2, 0.25) is 0 Å². The molecule has 2 aromatic rings. The highest BCUT2D eigenvalue weighted by atomic mass is 32.2. The number of amides is 1. The van der Waals surface area contributed by atoms with Crippen molar-refractivity contribution >= 4 is 45.0 Å². The van der Waals surface area contributed by atoms with Crippen LogP contribution in [0.1, 0.15) is 41.7 Å². The van der Waals surface area contributed by atoms with Crippen LogP contribution in [0.15, 0.2) is 29.6 Å². The van der Waals surface area contributed by atoms with E-state index in [1.807, 2.05) is 0 Å². The van der Waals surface area contributed by atoms with Crippen molar-refractivity contribution in [3.63, 3.8) is 0 Å². The van der Waals surface area contributed by atoms with Gasteiger partial charge in [-0.25, -0.2) is 13.4 Å². The second-order valence-corrected chi connectivity index (χ2v) is 10.3. The van der Waals surface area contributed by atoms with Crippen molar-refractivity contribution in [1.29, 1.82) is 0 Å². The first-order valence-electron chi connectivity index (χ1n) is 9.52. The molecule has 0 fully saturated rings. The zero-order chi connectivity index (χ0) is 23.2. The summed E-state index contributed by atoms with van der Waals surface area (Å²) in [4.78, 5) is 16.8. The van der Waals surface area contributed by atoms with Gasteiger partial charge in [0.25, 0.3) is 5.91 Å². The van der Waals surface area contributed by atoms with E-state index >= 15 is 0 Å². The van der Waals surface area contributed by atoms with Gasteiger partial charge in [-0.2, -0.15) is 12.6 Å². The lowest BCUT2D eigenvalue weighted by molar-refractivity contribution is -0.0120. The number of phenols is 1. The van der Waals surface area contributed by atoms with Gasteiger partial charge in [-0.05, 0) is 36.3 Å². The number of benzene rings is 1. The molecule has 31 heavy (non-hydrogen) atoms. The maximum atomic E-state index is 12.8. The van der Waals surface area contributed by atoms with Gasteiger partial charge in [-0.15, -0.1) is 11.3 Å². The van der Waals surface area contributed by atoms with Crippen LogP contribution in [0, 0.1) is 0 Å². The van der Waals surface area contributed by atoms with E-state index in [0.717, 1.165) is 23.2 Å². The lowest BCUT2D eigenvalue weighted by Crippen LogP contribution is -2.51. The fourth-order valence-corrected chi connectivity index (χ4v) is 4.74. The quantitative estimate of drug-likeness (QED) is 0.262. The summed E-state index contributed by atoms with van der Waals surface area (Å²) in [7, 11) is -3.53. The number of rotatable bonds is 11. The Bertz CT molecular complexity index is 965. The van der Waals surface area contributed by atoms with Crippen LogP contribution in [0.5, 0.6) is 5.75 Å². The van der Waals surface area contributed by atoms with Crippen LogP contribution in [-0.4, -0.2) is 64.9 Å². The first-order valence-corrected chi connectivity index (χ1v) is 12.9. The maximum Gasteiger partial charge on any atom is 0.271 e. The van der Waals surface area contributed by atoms with Crippen molar-refractivity contribution in [2.75, 3.05) is 16.7 Å². The summed E-state index contributed by atoms with van der Waals surface area (Å²) >= 11 is 5.07. The highest BCUT2D eigenvalue weighted by molar-refractivity contribution is 7.92. The van der Waals surface area contributed by atoms with E-state index in [9.17, 15) is 28.5 Å². The van der Waals surface area contributed by atoms with Gasteiger partial charge < -0.3 is 20.6 Å². The number of aromatic nitrogens is 1. The summed E-state index contributed by atoms with van der Waals surface area (Å²) in [5.41, 5.74) is 0.720. The summed E-state index contributed by atoms with van der Waals surface area (Å²) in [6.07, 6.45) is -0.498. The Morgan fingerprint density at radius 1 is 1.26 bits per heavy atom. The Labute approximate surface area is 191 Å². The van der Waals surface area contributed by atoms with Crippen molar-refractivity contribution in [3.05, 3.63) is 40.9 Å². The van der Waals surface area contributed by atoms with Crippen molar-refractivity contribution in [2.24, 2.45) is 0 Å². The van der Waals surface area contributed by atoms with E-state index in [1.165, 1.54) is 17.5 Å². The molecule has 0 aliphatic carbocycles. The van der Waals surface area contributed by atoms with E-state index in [4.69, 9.17) is 0 Å². The fourth-order valence-electron chi connectivity index (χ4n) is 3.01. The van der Waals surface area contributed by atoms with E-state index in [2.05, 4.69) is 27.7 Å². The summed E-state index contributed by atoms with van der Waals surface area (Å²) < 4.78 is 24.9. The Morgan fingerprint density at radius 2 is 1.90 bits per heavy atom. The number of carbonyl (C=O) groups is 1. The molecular weight excluding hydrogens is 462 g/mol. The lowest BCUT2D eigenvalue weighted by Gasteiger charge is -2.32. The number of thiazole rings is 1. The Balaban J connectivity index is 2.24. The summed E-state index contributed by atoms with van der Waals surface area (Å²) in [6.45, 7) is 1.78. The van der Waals surface area contributed by atoms with Gasteiger partial charge in [-0.3, -0.25) is 9.52 Å². The topological polar surface area (TPSA) is 149 Å². The predicted molar refractivity (Wildman–Crippen MR) is 123 cm³/mol. The number of carbonyl (C=O) groups excluding carboxylic acids is 1. The SMILES string of the molecule is CC(c1ccc(O)cc1)C(NC(=O)c1csc(NS(C)(=O)=O)n1)C(O)C(O)CCCS. The minimum Gasteiger partial charge on any atom is -0.508 e. The van der Waals surface area contributed by atoms with Crippen LogP contribution in [0.25, 0.3) is 0 Å². The number of hydrogen-bond donors (Lipinski definition) is 6. The highest BCUT2D eigenvalue weighted by Gasteiger charge is 2.33. The molecule has 0 saturated carbocycles. The van der Waals surface area contributed by atoms with Crippen LogP contribution >= 0.6 is 24.0 Å². The number of aromatic hydroxyl groups is 1. The average Bonchev–Trinajstić information content (AvgIpc) is 3.16. The van der Waals surface area contributed by atoms with Crippen LogP contribution < -0.4 is 10.0 Å². The number of aliphatic hydroxyl groups excluding tert-OH is 2. The Hall–Kier alpha value is -1.86. The van der Waals surface area contributed by atoms with Gasteiger partial charge >= 0.3 is 0 Å². The number of anilines is 1. The molecule has 2 rings (SSSR count). The minimum atomic E-state index is -3.53. The molecular formula is C19H27N3O6S3. The van der Waals surface area contributed by atoms with E-state index in [-0.39, 0.29) is 16.6 Å². The van der Waals surface area contributed by atoms with Crippen LogP contribution in [-0.2, 0) is 10.0 Å². The summed E-state index contributed by atoms with van der Waals surface area (Å²) in [6, 6.07) is 5.46. The number of thiol groups is 1. The molecule has 1 aromatic heterocycles. The maximum absolute atomic E-state index is 12.8. The molecule has 4 unspecified atom stereocenters. The third kappa shape index (κ3) is 7.65. The molecule has 0 radical (unpaired) electrons. The standard InChI is InChI=1S/C19H27N3O6S3/c1-11(12-5-7-13(23)8-6-12)16(17(25)15(24)4-3-9-29)21-18(26)14-10-30-19(20-14)22-31(2,27)28/h5-8,10-11,15-17,23-25,29H,3-4,9H2,1-2H3,(H,20,22)(H,21,26). The molecule has 0 bridgehead atoms. The molecule has 5 N–H and O–H groups in total. The van der Waals surface area contributed by atoms with E-state index < -0.39 is 40.1 Å². The van der Waals surface area contributed by atoms with Crippen molar-refractivity contribution in [3.8, 4) is 5.75 Å². The van der Waals surface area contributed by atoms with Gasteiger partial charge in [0.15, 0.2) is 5.13 Å². The van der Waals surface area contributed by atoms with Crippen molar-refractivity contribution in [1.82, 2.24) is 10.3 Å². The third-order valence-electron chi connectivity index (χ3n) is 4.69. The summed E-state index contributed by atoms with van der Waals surface area (Å²) in [5, 5.41) is 34.9. The first kappa shape index (κ1) is 25.4. The smallest absolute Gasteiger partial charge is 0.271 e. The Kier molecular flexibility index (Phi) is 9.13. The zero-order valence-electron chi connectivity index (χ0n) is 17.1. The van der Waals surface area contributed by atoms with Crippen molar-refractivity contribution < 1.29 is 28.5 Å². The zero-order valence-corrected chi connectivity index (χ0v) is 19.6. The molecule has 12 heteroatoms. The first-order chi connectivity index (χ1) is 14.5. The van der Waals surface area contributed by atoms with Gasteiger partial charge in [0, 0.05) is 11.3 Å². The lowest BCUT2D eigenvalue weighted by atomic mass is 9.86. The highest BCUT2D eigenvalue weighted by Crippen LogP contribution is 2.26. The monoisotopic (exact) mass is 489 g/mol. The van der Waals surface area contributed by atoms with Crippen molar-refractivity contribution in [2.45, 2.75) is 43.9 Å². The second-order valence-electron chi connectivity index (χ2n) is 7.22. The summed E-state index contributed by atoms with van der Waals surface area (Å²) in [5.74, 6) is -0.408. The van der Waals surface area contributed by atoms with Gasteiger partial charge in [0.05, 0.1) is 18.4 Å². The fraction of sp³-hybridized carbons (Fsp3) is 0.474. The Morgan fingerprint density at radius 3 is 2.48 bits per heavy atom. The van der Waals surface area contributed by atoms with Crippen LogP contribution in [0.4, 0.5) is 5.13 Å². The number of phenolic OH excluding ortho intramolecular Hbond substituents is 1. The molecule has 1 amide bonds. The number of nitrogens with zero attached hydrogens (tertiary/aromatic N) is 1. The predicted octanol–water partition coefficient (Wildman–Crippen LogP) is 1.55. The van der Waals surface area contributed by atoms with Gasteiger partial charge in [0.1, 0.15) is 17.5 Å². The largest absolute Gasteiger partial charge is 0.508 e. The number of hydrogen-bond acceptors (Lipinski definition) is 9. The number of nitrogens with one attached hydrogen (secondary N) is 2. The molecule has 0 aliphatic rings. The third-order valence-corrected chi connectivity index (χ3v) is 6.45. The molecule has 0 saturated heterocycles. The number of sulfonamides is 1. The normalized spacial score (nSPS) is 15.6. The molecule has 0 spiro atoms. The number of aliphatic hydroxyl groups is 2. The molecule has 1 aromatic carbocycles.